The van der Waals surface area contributed by atoms with E-state index in [1.165, 1.54) is 0 Å². The maximum Gasteiger partial charge on any atom is 0.251 e. The van der Waals surface area contributed by atoms with Crippen molar-refractivity contribution in [1.29, 1.82) is 0 Å². The quantitative estimate of drug-likeness (QED) is 0.666. The lowest BCUT2D eigenvalue weighted by Gasteiger charge is -2.12. The second kappa shape index (κ2) is 9.13. The van der Waals surface area contributed by atoms with E-state index in [1.807, 2.05) is 67.5 Å². The second-order valence-electron chi connectivity index (χ2n) is 5.88. The molecule has 2 aromatic carbocycles. The summed E-state index contributed by atoms with van der Waals surface area (Å²) >= 11 is 3.92. The number of carbonyl (C=O) groups is 2. The minimum atomic E-state index is -0.101. The molecular weight excluding hydrogens is 334 g/mol. The van der Waals surface area contributed by atoms with Crippen LogP contribution in [0.2, 0.25) is 0 Å². The summed E-state index contributed by atoms with van der Waals surface area (Å²) in [6, 6.07) is 15.2. The predicted octanol–water partition coefficient (Wildman–Crippen LogP) is 2.23. The highest BCUT2D eigenvalue weighted by Crippen LogP contribution is 2.12. The van der Waals surface area contributed by atoms with Gasteiger partial charge in [0.05, 0.1) is 5.75 Å². The van der Waals surface area contributed by atoms with Crippen molar-refractivity contribution in [3.05, 3.63) is 65.2 Å². The predicted molar refractivity (Wildman–Crippen MR) is 104 cm³/mol. The van der Waals surface area contributed by atoms with Crippen LogP contribution in [-0.2, 0) is 17.9 Å². The first-order valence-corrected chi connectivity index (χ1v) is 8.64. The molecule has 6 heteroatoms. The van der Waals surface area contributed by atoms with E-state index in [9.17, 15) is 9.59 Å². The van der Waals surface area contributed by atoms with Crippen molar-refractivity contribution in [3.63, 3.8) is 0 Å². The lowest BCUT2D eigenvalue weighted by atomic mass is 10.1. The molecule has 0 spiro atoms. The molecule has 0 atom stereocenters. The zero-order chi connectivity index (χ0) is 18.2. The molecule has 0 aliphatic carbocycles. The summed E-state index contributed by atoms with van der Waals surface area (Å²) in [6.07, 6.45) is 0. The largest absolute Gasteiger partial charge is 0.378 e. The maximum absolute atomic E-state index is 12.2. The van der Waals surface area contributed by atoms with Crippen LogP contribution in [0, 0.1) is 0 Å². The standard InChI is InChI=1S/C19H23N3O2S/c1-22(2)17-9-7-16(8-10-17)19(24)21-12-15-5-3-14(4-6-15)11-20-18(23)13-25/h3-10,25H,11-13H2,1-2H3,(H,20,23)(H,21,24). The average Bonchev–Trinajstić information content (AvgIpc) is 2.65. The molecule has 0 aromatic heterocycles. The van der Waals surface area contributed by atoms with E-state index in [4.69, 9.17) is 0 Å². The average molecular weight is 357 g/mol. The number of amides is 2. The van der Waals surface area contributed by atoms with Gasteiger partial charge in [0, 0.05) is 38.4 Å². The highest BCUT2D eigenvalue weighted by molar-refractivity contribution is 7.81. The van der Waals surface area contributed by atoms with Crippen molar-refractivity contribution >= 4 is 30.1 Å². The molecule has 0 fully saturated rings. The van der Waals surface area contributed by atoms with E-state index < -0.39 is 0 Å². The molecule has 0 saturated carbocycles. The SMILES string of the molecule is CN(C)c1ccc(C(=O)NCc2ccc(CNC(=O)CS)cc2)cc1. The number of benzene rings is 2. The number of nitrogens with zero attached hydrogens (tertiary/aromatic N) is 1. The maximum atomic E-state index is 12.2. The van der Waals surface area contributed by atoms with Crippen LogP contribution in [-0.4, -0.2) is 31.7 Å². The van der Waals surface area contributed by atoms with Crippen molar-refractivity contribution in [3.8, 4) is 0 Å². The summed E-state index contributed by atoms with van der Waals surface area (Å²) in [6.45, 7) is 0.932. The zero-order valence-electron chi connectivity index (χ0n) is 14.5. The van der Waals surface area contributed by atoms with Crippen LogP contribution in [0.4, 0.5) is 5.69 Å². The van der Waals surface area contributed by atoms with Gasteiger partial charge in [-0.1, -0.05) is 24.3 Å². The molecule has 0 radical (unpaired) electrons. The molecule has 0 heterocycles. The molecular formula is C19H23N3O2S. The van der Waals surface area contributed by atoms with Crippen molar-refractivity contribution in [1.82, 2.24) is 10.6 Å². The Labute approximate surface area is 153 Å². The van der Waals surface area contributed by atoms with E-state index in [-0.39, 0.29) is 17.6 Å². The number of hydrogen-bond acceptors (Lipinski definition) is 4. The van der Waals surface area contributed by atoms with Gasteiger partial charge in [0.2, 0.25) is 5.91 Å². The molecule has 0 aliphatic rings. The molecule has 2 amide bonds. The van der Waals surface area contributed by atoms with E-state index >= 15 is 0 Å². The molecule has 0 bridgehead atoms. The van der Waals surface area contributed by atoms with Crippen molar-refractivity contribution in [2.24, 2.45) is 0 Å². The lowest BCUT2D eigenvalue weighted by molar-refractivity contribution is -0.118. The van der Waals surface area contributed by atoms with E-state index in [2.05, 4.69) is 23.3 Å². The van der Waals surface area contributed by atoms with Crippen LogP contribution in [0.25, 0.3) is 0 Å². The van der Waals surface area contributed by atoms with Crippen molar-refractivity contribution in [2.75, 3.05) is 24.7 Å². The molecule has 5 nitrogen and oxygen atoms in total. The highest BCUT2D eigenvalue weighted by atomic mass is 32.1. The summed E-state index contributed by atoms with van der Waals surface area (Å²) in [5.41, 5.74) is 3.70. The fraction of sp³-hybridized carbons (Fsp3) is 0.263. The lowest BCUT2D eigenvalue weighted by Crippen LogP contribution is -2.24. The van der Waals surface area contributed by atoms with Gasteiger partial charge in [-0.25, -0.2) is 0 Å². The van der Waals surface area contributed by atoms with Gasteiger partial charge < -0.3 is 15.5 Å². The van der Waals surface area contributed by atoms with Crippen LogP contribution in [0.3, 0.4) is 0 Å². The normalized spacial score (nSPS) is 10.2. The van der Waals surface area contributed by atoms with E-state index in [0.29, 0.717) is 18.7 Å². The Morgan fingerprint density at radius 2 is 1.40 bits per heavy atom. The summed E-state index contributed by atoms with van der Waals surface area (Å²) in [4.78, 5) is 25.4. The smallest absolute Gasteiger partial charge is 0.251 e. The van der Waals surface area contributed by atoms with Crippen molar-refractivity contribution in [2.45, 2.75) is 13.1 Å². The van der Waals surface area contributed by atoms with Gasteiger partial charge in [-0.15, -0.1) is 0 Å². The Balaban J connectivity index is 1.86. The molecule has 0 aliphatic heterocycles. The van der Waals surface area contributed by atoms with Gasteiger partial charge in [0.1, 0.15) is 0 Å². The van der Waals surface area contributed by atoms with Gasteiger partial charge in [0.25, 0.3) is 5.91 Å². The third-order valence-corrected chi connectivity index (χ3v) is 4.04. The van der Waals surface area contributed by atoms with Crippen molar-refractivity contribution < 1.29 is 9.59 Å². The Hall–Kier alpha value is -2.47. The molecule has 2 rings (SSSR count). The summed E-state index contributed by atoms with van der Waals surface area (Å²) < 4.78 is 0. The third kappa shape index (κ3) is 5.83. The van der Waals surface area contributed by atoms with Gasteiger partial charge in [-0.3, -0.25) is 9.59 Å². The molecule has 132 valence electrons. The first kappa shape index (κ1) is 18.9. The number of carbonyl (C=O) groups excluding carboxylic acids is 2. The first-order chi connectivity index (χ1) is 12.0. The number of thiol groups is 1. The first-order valence-electron chi connectivity index (χ1n) is 8.00. The summed E-state index contributed by atoms with van der Waals surface area (Å²) in [5, 5.41) is 5.67. The number of hydrogen-bond donors (Lipinski definition) is 3. The van der Waals surface area contributed by atoms with Crippen LogP contribution < -0.4 is 15.5 Å². The van der Waals surface area contributed by atoms with Gasteiger partial charge in [0.15, 0.2) is 0 Å². The highest BCUT2D eigenvalue weighted by Gasteiger charge is 2.06. The monoisotopic (exact) mass is 357 g/mol. The van der Waals surface area contributed by atoms with E-state index in [0.717, 1.165) is 16.8 Å². The summed E-state index contributed by atoms with van der Waals surface area (Å²) in [5.74, 6) is -0.0185. The topological polar surface area (TPSA) is 61.4 Å². The second-order valence-corrected chi connectivity index (χ2v) is 6.19. The fourth-order valence-electron chi connectivity index (χ4n) is 2.23. The van der Waals surface area contributed by atoms with E-state index in [1.54, 1.807) is 0 Å². The molecule has 2 N–H and O–H groups in total. The minimum absolute atomic E-state index is 0.0973. The van der Waals surface area contributed by atoms with Gasteiger partial charge in [-0.2, -0.15) is 12.6 Å². The number of rotatable bonds is 7. The Kier molecular flexibility index (Phi) is 6.89. The van der Waals surface area contributed by atoms with Gasteiger partial charge in [-0.05, 0) is 35.4 Å². The number of anilines is 1. The van der Waals surface area contributed by atoms with Crippen LogP contribution in [0.1, 0.15) is 21.5 Å². The molecule has 0 unspecified atom stereocenters. The third-order valence-electron chi connectivity index (χ3n) is 3.76. The Bertz CT molecular complexity index is 712. The molecule has 0 saturated heterocycles. The fourth-order valence-corrected chi connectivity index (χ4v) is 2.34. The van der Waals surface area contributed by atoms with Crippen LogP contribution in [0.5, 0.6) is 0 Å². The Morgan fingerprint density at radius 1 is 0.880 bits per heavy atom. The van der Waals surface area contributed by atoms with Crippen LogP contribution in [0.15, 0.2) is 48.5 Å². The zero-order valence-corrected chi connectivity index (χ0v) is 15.3. The van der Waals surface area contributed by atoms with Crippen LogP contribution >= 0.6 is 12.6 Å². The van der Waals surface area contributed by atoms with Gasteiger partial charge >= 0.3 is 0 Å². The Morgan fingerprint density at radius 3 is 1.88 bits per heavy atom. The minimum Gasteiger partial charge on any atom is -0.378 e. The summed E-state index contributed by atoms with van der Waals surface area (Å²) in [7, 11) is 3.92. The number of nitrogens with one attached hydrogen (secondary N) is 2. The molecule has 2 aromatic rings. The molecule has 25 heavy (non-hydrogen) atoms.